The Morgan fingerprint density at radius 3 is 1.78 bits per heavy atom. The third-order valence-corrected chi connectivity index (χ3v) is 9.27. The van der Waals surface area contributed by atoms with Gasteiger partial charge in [-0.3, -0.25) is 9.59 Å². The van der Waals surface area contributed by atoms with Gasteiger partial charge in [0.1, 0.15) is 11.6 Å². The number of Topliss-reactive ketones (excluding diaryl/α,β-unsaturated/α-hetero) is 2. The molecule has 3 aliphatic carbocycles. The molecule has 2 nitrogen and oxygen atoms in total. The number of benzene rings is 3. The summed E-state index contributed by atoms with van der Waals surface area (Å²) in [5.74, 6) is -0.0310. The van der Waals surface area contributed by atoms with Gasteiger partial charge in [-0.15, -0.1) is 0 Å². The highest BCUT2D eigenvalue weighted by atomic mass is 35.5. The zero-order chi connectivity index (χ0) is 22.3. The molecule has 0 aromatic heterocycles. The average molecular weight is 441 g/mol. The molecule has 0 spiro atoms. The van der Waals surface area contributed by atoms with Gasteiger partial charge >= 0.3 is 0 Å². The fourth-order valence-corrected chi connectivity index (χ4v) is 7.42. The molecule has 3 heteroatoms. The van der Waals surface area contributed by atoms with Gasteiger partial charge in [-0.2, -0.15) is 0 Å². The van der Waals surface area contributed by atoms with Crippen LogP contribution < -0.4 is 0 Å². The summed E-state index contributed by atoms with van der Waals surface area (Å²) in [7, 11) is 0. The predicted molar refractivity (Wildman–Crippen MR) is 126 cm³/mol. The molecule has 0 saturated heterocycles. The zero-order valence-corrected chi connectivity index (χ0v) is 19.0. The first kappa shape index (κ1) is 19.9. The fourth-order valence-electron chi connectivity index (χ4n) is 7.30. The molecule has 0 radical (unpaired) electrons. The Kier molecular flexibility index (Phi) is 4.00. The second-order valence-corrected chi connectivity index (χ2v) is 10.5. The Hall–Kier alpha value is -2.71. The summed E-state index contributed by atoms with van der Waals surface area (Å²) in [4.78, 5) is 28.5. The van der Waals surface area contributed by atoms with E-state index in [-0.39, 0.29) is 29.3 Å². The summed E-state index contributed by atoms with van der Waals surface area (Å²) in [5.41, 5.74) is 1.25. The van der Waals surface area contributed by atoms with Crippen LogP contribution in [0.15, 0.2) is 84.9 Å². The van der Waals surface area contributed by atoms with E-state index in [2.05, 4.69) is 24.3 Å². The first-order chi connectivity index (χ1) is 15.4. The lowest BCUT2D eigenvalue weighted by atomic mass is 9.45. The highest BCUT2D eigenvalue weighted by molar-refractivity contribution is 6.30. The molecule has 3 aromatic rings. The van der Waals surface area contributed by atoms with E-state index < -0.39 is 16.2 Å². The topological polar surface area (TPSA) is 34.1 Å². The molecule has 0 bridgehead atoms. The van der Waals surface area contributed by atoms with E-state index in [4.69, 9.17) is 11.6 Å². The number of hydrogen-bond donors (Lipinski definition) is 0. The molecule has 0 amide bonds. The van der Waals surface area contributed by atoms with Crippen LogP contribution in [-0.4, -0.2) is 11.6 Å². The van der Waals surface area contributed by atoms with Crippen LogP contribution in [0, 0.1) is 22.7 Å². The first-order valence-corrected chi connectivity index (χ1v) is 11.7. The van der Waals surface area contributed by atoms with Crippen LogP contribution >= 0.6 is 11.6 Å². The van der Waals surface area contributed by atoms with Gasteiger partial charge in [-0.1, -0.05) is 98.2 Å². The summed E-state index contributed by atoms with van der Waals surface area (Å²) in [5, 5.41) is 0.683. The highest BCUT2D eigenvalue weighted by Crippen LogP contribution is 2.81. The van der Waals surface area contributed by atoms with Gasteiger partial charge in [-0.05, 0) is 41.2 Å². The van der Waals surface area contributed by atoms with Gasteiger partial charge in [0.15, 0.2) is 0 Å². The van der Waals surface area contributed by atoms with Crippen LogP contribution in [0.5, 0.6) is 0 Å². The molecule has 3 aliphatic rings. The number of fused-ring (bicyclic) bond motifs is 2. The third kappa shape index (κ3) is 2.12. The van der Waals surface area contributed by atoms with E-state index in [1.54, 1.807) is 0 Å². The maximum Gasteiger partial charge on any atom is 0.145 e. The number of carbonyl (C=O) groups excluding carboxylic acids is 2. The van der Waals surface area contributed by atoms with Crippen molar-refractivity contribution in [3.63, 3.8) is 0 Å². The van der Waals surface area contributed by atoms with Gasteiger partial charge < -0.3 is 0 Å². The van der Waals surface area contributed by atoms with E-state index >= 15 is 0 Å². The third-order valence-electron chi connectivity index (χ3n) is 9.02. The van der Waals surface area contributed by atoms with E-state index in [0.29, 0.717) is 5.02 Å². The lowest BCUT2D eigenvalue weighted by Crippen LogP contribution is -2.59. The Bertz CT molecular complexity index is 1190. The fraction of sp³-hybridized carbons (Fsp3) is 0.310. The Morgan fingerprint density at radius 1 is 0.719 bits per heavy atom. The van der Waals surface area contributed by atoms with Crippen molar-refractivity contribution in [2.24, 2.45) is 22.7 Å². The molecule has 3 aromatic carbocycles. The van der Waals surface area contributed by atoms with Crippen molar-refractivity contribution in [1.29, 1.82) is 0 Å². The van der Waals surface area contributed by atoms with Gasteiger partial charge in [0.25, 0.3) is 0 Å². The predicted octanol–water partition coefficient (Wildman–Crippen LogP) is 6.22. The summed E-state index contributed by atoms with van der Waals surface area (Å²) < 4.78 is 0. The van der Waals surface area contributed by atoms with E-state index in [9.17, 15) is 9.59 Å². The molecular formula is C29H25ClO2. The Morgan fingerprint density at radius 2 is 1.25 bits per heavy atom. The number of ketones is 2. The quantitative estimate of drug-likeness (QED) is 0.484. The SMILES string of the molecule is C[C@@]12C(=O)[C@H]3C(c4ccccc4)(c4ccccc4)[C@@]3(C)C(=O)[C@@H]1C[C@@H]2c1ccc(Cl)cc1. The molecule has 0 N–H and O–H groups in total. The number of halogens is 1. The molecule has 5 atom stereocenters. The largest absolute Gasteiger partial charge is 0.299 e. The summed E-state index contributed by atoms with van der Waals surface area (Å²) in [6.45, 7) is 4.06. The molecule has 3 fully saturated rings. The van der Waals surface area contributed by atoms with Gasteiger partial charge in [0, 0.05) is 27.7 Å². The van der Waals surface area contributed by atoms with Crippen molar-refractivity contribution >= 4 is 23.2 Å². The highest BCUT2D eigenvalue weighted by Gasteiger charge is 2.87. The van der Waals surface area contributed by atoms with Crippen LogP contribution in [-0.2, 0) is 15.0 Å². The number of rotatable bonds is 3. The van der Waals surface area contributed by atoms with Crippen LogP contribution in [0.3, 0.4) is 0 Å². The minimum atomic E-state index is -0.706. The molecule has 0 heterocycles. The number of carbonyl (C=O) groups is 2. The monoisotopic (exact) mass is 440 g/mol. The van der Waals surface area contributed by atoms with E-state index in [0.717, 1.165) is 23.1 Å². The van der Waals surface area contributed by atoms with Gasteiger partial charge in [0.2, 0.25) is 0 Å². The zero-order valence-electron chi connectivity index (χ0n) is 18.2. The molecule has 0 aliphatic heterocycles. The smallest absolute Gasteiger partial charge is 0.145 e. The van der Waals surface area contributed by atoms with Crippen LogP contribution in [0.2, 0.25) is 5.02 Å². The lowest BCUT2D eigenvalue weighted by molar-refractivity contribution is -0.161. The maximum atomic E-state index is 14.3. The maximum absolute atomic E-state index is 14.3. The van der Waals surface area contributed by atoms with Crippen LogP contribution in [0.1, 0.15) is 42.9 Å². The summed E-state index contributed by atoms with van der Waals surface area (Å²) >= 11 is 6.10. The standard InChI is InChI=1S/C29H25ClO2/c1-27-22(18-13-15-21(30)16-14-18)17-23(27)25(31)28(2)24(26(27)32)29(28,19-9-5-3-6-10-19)20-11-7-4-8-12-20/h3-16,22-24H,17H2,1-2H3/t22-,23+,24-,27+,28-/m1/s1. The number of hydrogen-bond acceptors (Lipinski definition) is 2. The first-order valence-electron chi connectivity index (χ1n) is 11.3. The second-order valence-electron chi connectivity index (χ2n) is 10.1. The molecule has 3 saturated carbocycles. The van der Waals surface area contributed by atoms with E-state index in [1.807, 2.05) is 74.5 Å². The van der Waals surface area contributed by atoms with Gasteiger partial charge in [0.05, 0.1) is 5.41 Å². The molecule has 0 unspecified atom stereocenters. The van der Waals surface area contributed by atoms with Crippen molar-refractivity contribution in [2.45, 2.75) is 31.6 Å². The van der Waals surface area contributed by atoms with Crippen molar-refractivity contribution in [2.75, 3.05) is 0 Å². The molecular weight excluding hydrogens is 416 g/mol. The van der Waals surface area contributed by atoms with E-state index in [1.165, 1.54) is 0 Å². The van der Waals surface area contributed by atoms with Crippen LogP contribution in [0.4, 0.5) is 0 Å². The minimum absolute atomic E-state index is 0.0515. The average Bonchev–Trinajstić information content (AvgIpc) is 3.41. The van der Waals surface area contributed by atoms with Crippen LogP contribution in [0.25, 0.3) is 0 Å². The molecule has 160 valence electrons. The minimum Gasteiger partial charge on any atom is -0.299 e. The summed E-state index contributed by atoms with van der Waals surface area (Å²) in [6, 6.07) is 28.1. The van der Waals surface area contributed by atoms with Crippen molar-refractivity contribution in [3.8, 4) is 0 Å². The second kappa shape index (κ2) is 6.42. The normalized spacial score (nSPS) is 34.3. The van der Waals surface area contributed by atoms with Gasteiger partial charge in [-0.25, -0.2) is 0 Å². The van der Waals surface area contributed by atoms with Crippen molar-refractivity contribution < 1.29 is 9.59 Å². The summed E-state index contributed by atoms with van der Waals surface area (Å²) in [6.07, 6.45) is 0.727. The molecule has 6 rings (SSSR count). The lowest BCUT2D eigenvalue weighted by Gasteiger charge is -2.55. The Balaban J connectivity index is 1.52. The van der Waals surface area contributed by atoms with Crippen molar-refractivity contribution in [1.82, 2.24) is 0 Å². The molecule has 32 heavy (non-hydrogen) atoms. The Labute approximate surface area is 193 Å². The van der Waals surface area contributed by atoms with Crippen molar-refractivity contribution in [3.05, 3.63) is 107 Å².